The highest BCUT2D eigenvalue weighted by Crippen LogP contribution is 2.70. The molecule has 1 N–H and O–H groups in total. The molecule has 0 amide bonds. The van der Waals surface area contributed by atoms with Crippen molar-refractivity contribution in [1.29, 1.82) is 0 Å². The van der Waals surface area contributed by atoms with Crippen LogP contribution in [0.4, 0.5) is 23.4 Å². The average Bonchev–Trinajstić information content (AvgIpc) is 2.59. The third kappa shape index (κ3) is 4.03. The molecule has 1 aromatic heterocycles. The first kappa shape index (κ1) is 19.9. The summed E-state index contributed by atoms with van der Waals surface area (Å²) >= 11 is 5.60. The van der Waals surface area contributed by atoms with Crippen LogP contribution in [0.25, 0.3) is 0 Å². The minimum atomic E-state index is -4.42. The molecule has 29 heavy (non-hydrogen) atoms. The molecule has 3 saturated carbocycles. The van der Waals surface area contributed by atoms with Crippen molar-refractivity contribution in [2.24, 2.45) is 5.41 Å². The van der Waals surface area contributed by atoms with E-state index < -0.39 is 17.6 Å². The van der Waals surface area contributed by atoms with Crippen molar-refractivity contribution in [2.45, 2.75) is 37.4 Å². The lowest BCUT2D eigenvalue weighted by atomic mass is 9.38. The van der Waals surface area contributed by atoms with Crippen LogP contribution in [0, 0.1) is 11.2 Å². The summed E-state index contributed by atoms with van der Waals surface area (Å²) in [5.41, 5.74) is -1.18. The van der Waals surface area contributed by atoms with Crippen molar-refractivity contribution >= 4 is 23.2 Å². The van der Waals surface area contributed by atoms with E-state index in [1.54, 1.807) is 0 Å². The van der Waals surface area contributed by atoms with Gasteiger partial charge in [0.2, 0.25) is 0 Å². The molecule has 3 fully saturated rings. The van der Waals surface area contributed by atoms with Gasteiger partial charge in [-0.15, -0.1) is 0 Å². The Morgan fingerprint density at radius 1 is 1.21 bits per heavy atom. The summed E-state index contributed by atoms with van der Waals surface area (Å²) in [6.45, 7) is -0.168. The molecule has 0 spiro atoms. The summed E-state index contributed by atoms with van der Waals surface area (Å²) in [6, 6.07) is 5.89. The van der Waals surface area contributed by atoms with Crippen LogP contribution >= 0.6 is 11.6 Å². The highest BCUT2D eigenvalue weighted by Gasteiger charge is 2.68. The topological polar surface area (TPSA) is 51.2 Å². The fourth-order valence-electron chi connectivity index (χ4n) is 4.46. The fraction of sp³-hybridized carbons (Fsp3) is 0.400. The Labute approximate surface area is 169 Å². The molecule has 0 atom stereocenters. The van der Waals surface area contributed by atoms with Crippen molar-refractivity contribution in [3.63, 3.8) is 0 Å². The lowest BCUT2D eigenvalue weighted by Gasteiger charge is -2.71. The van der Waals surface area contributed by atoms with Gasteiger partial charge in [-0.2, -0.15) is 13.2 Å². The number of nitrogens with one attached hydrogen (secondary N) is 1. The van der Waals surface area contributed by atoms with Gasteiger partial charge in [0.15, 0.2) is 5.78 Å². The van der Waals surface area contributed by atoms with Gasteiger partial charge in [-0.25, -0.2) is 9.37 Å². The number of halogens is 5. The summed E-state index contributed by atoms with van der Waals surface area (Å²) < 4.78 is 57.2. The number of carbonyl (C=O) groups excluding carboxylic acids is 1. The number of benzene rings is 1. The van der Waals surface area contributed by atoms with Gasteiger partial charge in [-0.05, 0) is 48.9 Å². The molecule has 0 aliphatic heterocycles. The molecule has 154 valence electrons. The van der Waals surface area contributed by atoms with Gasteiger partial charge in [0, 0.05) is 24.2 Å². The van der Waals surface area contributed by atoms with Gasteiger partial charge >= 0.3 is 6.18 Å². The molecular formula is C20H17ClF4N2O2. The van der Waals surface area contributed by atoms with Crippen molar-refractivity contribution in [1.82, 2.24) is 4.98 Å². The summed E-state index contributed by atoms with van der Waals surface area (Å²) in [6.07, 6.45) is -0.882. The summed E-state index contributed by atoms with van der Waals surface area (Å²) in [7, 11) is 0. The molecule has 2 bridgehead atoms. The van der Waals surface area contributed by atoms with Crippen LogP contribution < -0.4 is 10.1 Å². The van der Waals surface area contributed by atoms with Gasteiger partial charge in [-0.1, -0.05) is 11.6 Å². The average molecular weight is 429 g/mol. The zero-order valence-electron chi connectivity index (χ0n) is 15.2. The number of rotatable bonds is 7. The number of pyridine rings is 1. The molecule has 9 heteroatoms. The predicted molar refractivity (Wildman–Crippen MR) is 98.4 cm³/mol. The van der Waals surface area contributed by atoms with Crippen LogP contribution in [-0.4, -0.2) is 22.9 Å². The van der Waals surface area contributed by atoms with E-state index in [1.807, 2.05) is 0 Å². The standard InChI is InChI=1S/C20H17ClF4N2O2/c21-15-2-1-14(6-16(15)22)29-8-13(28)7-18-9-19(10-18,11-18)27-17-5-12(3-4-26-17)20(23,24)25/h1-6H,7-11H2,(H,26,27). The van der Waals surface area contributed by atoms with Crippen molar-refractivity contribution < 1.29 is 27.1 Å². The number of alkyl halides is 3. The third-order valence-corrected chi connectivity index (χ3v) is 5.79. The maximum absolute atomic E-state index is 13.4. The van der Waals surface area contributed by atoms with Crippen LogP contribution in [0.1, 0.15) is 31.2 Å². The second kappa shape index (κ2) is 6.86. The Morgan fingerprint density at radius 2 is 1.93 bits per heavy atom. The highest BCUT2D eigenvalue weighted by atomic mass is 35.5. The second-order valence-corrected chi connectivity index (χ2v) is 8.35. The van der Waals surface area contributed by atoms with Gasteiger partial charge in [0.25, 0.3) is 0 Å². The fourth-order valence-corrected chi connectivity index (χ4v) is 4.58. The largest absolute Gasteiger partial charge is 0.486 e. The van der Waals surface area contributed by atoms with E-state index in [0.717, 1.165) is 24.4 Å². The third-order valence-electron chi connectivity index (χ3n) is 5.48. The van der Waals surface area contributed by atoms with E-state index in [9.17, 15) is 22.4 Å². The van der Waals surface area contributed by atoms with E-state index in [2.05, 4.69) is 10.3 Å². The summed E-state index contributed by atoms with van der Waals surface area (Å²) in [4.78, 5) is 16.2. The smallest absolute Gasteiger partial charge is 0.416 e. The van der Waals surface area contributed by atoms with Crippen molar-refractivity contribution in [2.75, 3.05) is 11.9 Å². The number of carbonyl (C=O) groups is 1. The molecule has 3 aliphatic rings. The number of nitrogens with zero attached hydrogens (tertiary/aromatic N) is 1. The first-order valence-corrected chi connectivity index (χ1v) is 9.37. The van der Waals surface area contributed by atoms with Crippen molar-refractivity contribution in [3.8, 4) is 5.75 Å². The number of ether oxygens (including phenoxy) is 1. The van der Waals surface area contributed by atoms with E-state index in [0.29, 0.717) is 25.7 Å². The Bertz CT molecular complexity index is 944. The van der Waals surface area contributed by atoms with Gasteiger partial charge in [0.05, 0.1) is 10.6 Å². The lowest BCUT2D eigenvalue weighted by molar-refractivity contribution is -0.147. The number of hydrogen-bond donors (Lipinski definition) is 1. The normalized spacial score (nSPS) is 25.0. The lowest BCUT2D eigenvalue weighted by Crippen LogP contribution is -2.71. The van der Waals surface area contributed by atoms with Crippen molar-refractivity contribution in [3.05, 3.63) is 52.9 Å². The molecule has 4 nitrogen and oxygen atoms in total. The number of aromatic nitrogens is 1. The van der Waals surface area contributed by atoms with E-state index in [-0.39, 0.29) is 39.9 Å². The van der Waals surface area contributed by atoms with Gasteiger partial charge in [-0.3, -0.25) is 4.79 Å². The molecular weight excluding hydrogens is 412 g/mol. The van der Waals surface area contributed by atoms with Crippen LogP contribution in [0.2, 0.25) is 5.02 Å². The second-order valence-electron chi connectivity index (χ2n) is 7.94. The molecule has 5 rings (SSSR count). The monoisotopic (exact) mass is 428 g/mol. The summed E-state index contributed by atoms with van der Waals surface area (Å²) in [5, 5.41) is 3.07. The molecule has 0 radical (unpaired) electrons. The van der Waals surface area contributed by atoms with E-state index in [4.69, 9.17) is 16.3 Å². The number of ketones is 1. The first-order valence-electron chi connectivity index (χ1n) is 8.99. The zero-order valence-corrected chi connectivity index (χ0v) is 15.9. The van der Waals surface area contributed by atoms with Crippen LogP contribution in [0.3, 0.4) is 0 Å². The molecule has 1 heterocycles. The minimum Gasteiger partial charge on any atom is -0.486 e. The first-order chi connectivity index (χ1) is 13.6. The highest BCUT2D eigenvalue weighted by molar-refractivity contribution is 6.30. The van der Waals surface area contributed by atoms with Crippen LogP contribution in [0.15, 0.2) is 36.5 Å². The summed E-state index contributed by atoms with van der Waals surface area (Å²) in [5.74, 6) is -0.308. The molecule has 0 unspecified atom stereocenters. The maximum Gasteiger partial charge on any atom is 0.416 e. The molecule has 3 aliphatic carbocycles. The SMILES string of the molecule is O=C(COc1ccc(Cl)c(F)c1)CC12CC(Nc3cc(C(F)(F)F)ccn3)(C1)C2. The van der Waals surface area contributed by atoms with Crippen LogP contribution in [-0.2, 0) is 11.0 Å². The molecule has 1 aromatic carbocycles. The Kier molecular flexibility index (Phi) is 4.72. The van der Waals surface area contributed by atoms with Gasteiger partial charge < -0.3 is 10.1 Å². The van der Waals surface area contributed by atoms with Crippen LogP contribution in [0.5, 0.6) is 5.75 Å². The van der Waals surface area contributed by atoms with E-state index >= 15 is 0 Å². The number of Topliss-reactive ketones (excluding diaryl/α,β-unsaturated/α-hetero) is 1. The molecule has 0 saturated heterocycles. The quantitative estimate of drug-likeness (QED) is 0.611. The zero-order chi connectivity index (χ0) is 20.9. The Hall–Kier alpha value is -2.35. The number of hydrogen-bond acceptors (Lipinski definition) is 4. The van der Waals surface area contributed by atoms with E-state index in [1.165, 1.54) is 12.1 Å². The van der Waals surface area contributed by atoms with Gasteiger partial charge in [0.1, 0.15) is 24.0 Å². The Balaban J connectivity index is 1.27. The maximum atomic E-state index is 13.4. The minimum absolute atomic E-state index is 0.0226. The predicted octanol–water partition coefficient (Wildman–Crippen LogP) is 5.27. The molecule has 2 aromatic rings. The number of anilines is 1. The Morgan fingerprint density at radius 3 is 2.59 bits per heavy atom.